The molecule has 0 aliphatic carbocycles. The van der Waals surface area contributed by atoms with Crippen molar-refractivity contribution in [3.63, 3.8) is 0 Å². The summed E-state index contributed by atoms with van der Waals surface area (Å²) in [6.45, 7) is 15.2. The van der Waals surface area contributed by atoms with Crippen molar-refractivity contribution < 1.29 is 0 Å². The summed E-state index contributed by atoms with van der Waals surface area (Å²) in [5, 5.41) is 2.19. The molecule has 1 rings (SSSR count). The maximum Gasteiger partial charge on any atom is 0.158 e. The molecule has 104 valence electrons. The van der Waals surface area contributed by atoms with Gasteiger partial charge in [0.05, 0.1) is 6.54 Å². The Labute approximate surface area is 112 Å². The van der Waals surface area contributed by atoms with Crippen molar-refractivity contribution in [2.75, 3.05) is 13.1 Å². The third kappa shape index (κ3) is 3.66. The smallest absolute Gasteiger partial charge is 0.158 e. The van der Waals surface area contributed by atoms with Crippen LogP contribution in [-0.2, 0) is 0 Å². The highest BCUT2D eigenvalue weighted by molar-refractivity contribution is 5.55. The van der Waals surface area contributed by atoms with Gasteiger partial charge in [0.15, 0.2) is 5.66 Å². The van der Waals surface area contributed by atoms with Crippen LogP contribution in [0.3, 0.4) is 0 Å². The Balaban J connectivity index is 2.74. The van der Waals surface area contributed by atoms with Gasteiger partial charge in [-0.3, -0.25) is 10.4 Å². The molecule has 1 N–H and O–H groups in total. The molecular formula is C15H29N3. The van der Waals surface area contributed by atoms with E-state index >= 15 is 0 Å². The first-order valence-electron chi connectivity index (χ1n) is 7.10. The summed E-state index contributed by atoms with van der Waals surface area (Å²) in [5.74, 6) is 0.602. The van der Waals surface area contributed by atoms with E-state index in [1.54, 1.807) is 0 Å². The topological polar surface area (TPSA) is 27.4 Å². The van der Waals surface area contributed by atoms with Gasteiger partial charge in [-0.2, -0.15) is 0 Å². The van der Waals surface area contributed by atoms with Gasteiger partial charge in [0, 0.05) is 6.54 Å². The number of nitrogens with one attached hydrogen (secondary N) is 1. The number of allylic oxidation sites excluding steroid dienone is 1. The lowest BCUT2D eigenvalue weighted by Gasteiger charge is -2.27. The molecule has 0 radical (unpaired) electrons. The average Bonchev–Trinajstić information content (AvgIpc) is 2.92. The van der Waals surface area contributed by atoms with Gasteiger partial charge in [0.1, 0.15) is 0 Å². The largest absolute Gasteiger partial charge is 0.268 e. The normalized spacial score (nSPS) is 30.2. The molecule has 0 amide bonds. The summed E-state index contributed by atoms with van der Waals surface area (Å²) < 4.78 is 0. The predicted octanol–water partition coefficient (Wildman–Crippen LogP) is 3.24. The second-order valence-corrected chi connectivity index (χ2v) is 6.10. The summed E-state index contributed by atoms with van der Waals surface area (Å²) in [6.07, 6.45) is 7.70. The summed E-state index contributed by atoms with van der Waals surface area (Å²) >= 11 is 0. The zero-order valence-electron chi connectivity index (χ0n) is 12.8. The summed E-state index contributed by atoms with van der Waals surface area (Å²) in [7, 11) is 0. The quantitative estimate of drug-likeness (QED) is 0.446. The third-order valence-corrected chi connectivity index (χ3v) is 3.60. The molecule has 3 atom stereocenters. The fourth-order valence-electron chi connectivity index (χ4n) is 2.41. The van der Waals surface area contributed by atoms with Crippen LogP contribution in [0.5, 0.6) is 0 Å². The second-order valence-electron chi connectivity index (χ2n) is 6.10. The number of hydrogen-bond donors (Lipinski definition) is 1. The van der Waals surface area contributed by atoms with Gasteiger partial charge < -0.3 is 0 Å². The Kier molecular flexibility index (Phi) is 5.11. The van der Waals surface area contributed by atoms with Gasteiger partial charge in [-0.15, -0.1) is 0 Å². The molecule has 3 heteroatoms. The minimum Gasteiger partial charge on any atom is -0.268 e. The molecule has 0 aromatic rings. The van der Waals surface area contributed by atoms with E-state index < -0.39 is 0 Å². The van der Waals surface area contributed by atoms with Crippen LogP contribution in [-0.4, -0.2) is 30.0 Å². The van der Waals surface area contributed by atoms with E-state index in [0.29, 0.717) is 11.3 Å². The molecule has 1 aliphatic heterocycles. The molecule has 1 heterocycles. The number of aliphatic imine (C=N–C) groups is 1. The molecule has 0 aromatic carbocycles. The third-order valence-electron chi connectivity index (χ3n) is 3.60. The highest BCUT2D eigenvalue weighted by Gasteiger charge is 2.49. The number of rotatable bonds is 6. The van der Waals surface area contributed by atoms with Crippen LogP contribution in [0.25, 0.3) is 0 Å². The molecule has 3 unspecified atom stereocenters. The summed E-state index contributed by atoms with van der Waals surface area (Å²) in [6, 6.07) is 0. The zero-order chi connectivity index (χ0) is 13.8. The van der Waals surface area contributed by atoms with Gasteiger partial charge in [-0.25, -0.2) is 5.01 Å². The Morgan fingerprint density at radius 2 is 2.06 bits per heavy atom. The fourth-order valence-corrected chi connectivity index (χ4v) is 2.41. The van der Waals surface area contributed by atoms with Crippen LogP contribution in [0.4, 0.5) is 0 Å². The SMILES string of the molecule is CC=NC1(C=CC(CC)C(C)(C)C)CN1NCC. The molecule has 3 nitrogen and oxygen atoms in total. The van der Waals surface area contributed by atoms with Crippen molar-refractivity contribution in [1.82, 2.24) is 10.4 Å². The van der Waals surface area contributed by atoms with Gasteiger partial charge >= 0.3 is 0 Å². The molecule has 0 spiro atoms. The molecule has 0 bridgehead atoms. The standard InChI is InChI=1S/C15H29N3/c1-7-13(14(4,5)6)10-11-15(16-8-2)12-18(15)17-9-3/h8,10-11,13,17H,7,9,12H2,1-6H3. The van der Waals surface area contributed by atoms with Gasteiger partial charge in [0.2, 0.25) is 0 Å². The maximum absolute atomic E-state index is 4.61. The molecule has 0 aromatic heterocycles. The Morgan fingerprint density at radius 3 is 2.50 bits per heavy atom. The van der Waals surface area contributed by atoms with Crippen LogP contribution in [0, 0.1) is 11.3 Å². The van der Waals surface area contributed by atoms with Crippen molar-refractivity contribution in [3.05, 3.63) is 12.2 Å². The van der Waals surface area contributed by atoms with Crippen molar-refractivity contribution in [2.45, 2.75) is 53.6 Å². The van der Waals surface area contributed by atoms with Crippen LogP contribution in [0.15, 0.2) is 17.1 Å². The lowest BCUT2D eigenvalue weighted by atomic mass is 9.79. The van der Waals surface area contributed by atoms with E-state index in [4.69, 9.17) is 0 Å². The van der Waals surface area contributed by atoms with E-state index in [2.05, 4.69) is 62.2 Å². The summed E-state index contributed by atoms with van der Waals surface area (Å²) in [5.41, 5.74) is 3.54. The first-order chi connectivity index (χ1) is 8.39. The van der Waals surface area contributed by atoms with Gasteiger partial charge in [-0.1, -0.05) is 40.7 Å². The number of nitrogens with zero attached hydrogens (tertiary/aromatic N) is 2. The molecular weight excluding hydrogens is 222 g/mol. The Hall–Kier alpha value is -0.670. The van der Waals surface area contributed by atoms with Crippen LogP contribution in [0.2, 0.25) is 0 Å². The predicted molar refractivity (Wildman–Crippen MR) is 79.7 cm³/mol. The first kappa shape index (κ1) is 15.4. The summed E-state index contributed by atoms with van der Waals surface area (Å²) in [4.78, 5) is 4.61. The number of hydrazine groups is 1. The van der Waals surface area contributed by atoms with E-state index in [1.165, 1.54) is 6.42 Å². The van der Waals surface area contributed by atoms with Crippen LogP contribution < -0.4 is 5.43 Å². The number of hydrogen-bond acceptors (Lipinski definition) is 3. The molecule has 18 heavy (non-hydrogen) atoms. The Bertz CT molecular complexity index is 314. The monoisotopic (exact) mass is 251 g/mol. The highest BCUT2D eigenvalue weighted by atomic mass is 15.7. The van der Waals surface area contributed by atoms with Crippen molar-refractivity contribution in [2.24, 2.45) is 16.3 Å². The maximum atomic E-state index is 4.61. The minimum absolute atomic E-state index is 0.122. The molecule has 1 saturated heterocycles. The Morgan fingerprint density at radius 1 is 1.39 bits per heavy atom. The van der Waals surface area contributed by atoms with Crippen molar-refractivity contribution >= 4 is 6.21 Å². The lowest BCUT2D eigenvalue weighted by molar-refractivity contribution is 0.283. The van der Waals surface area contributed by atoms with Gasteiger partial charge in [0.25, 0.3) is 0 Å². The van der Waals surface area contributed by atoms with E-state index in [0.717, 1.165) is 13.1 Å². The van der Waals surface area contributed by atoms with Crippen LogP contribution in [0.1, 0.15) is 48.0 Å². The van der Waals surface area contributed by atoms with Gasteiger partial charge in [-0.05, 0) is 37.0 Å². The van der Waals surface area contributed by atoms with E-state index in [9.17, 15) is 0 Å². The minimum atomic E-state index is -0.122. The van der Waals surface area contributed by atoms with Crippen LogP contribution >= 0.6 is 0 Å². The fraction of sp³-hybridized carbons (Fsp3) is 0.800. The first-order valence-corrected chi connectivity index (χ1v) is 7.10. The second kappa shape index (κ2) is 5.98. The van der Waals surface area contributed by atoms with E-state index in [1.807, 2.05) is 13.1 Å². The molecule has 1 aliphatic rings. The lowest BCUT2D eigenvalue weighted by Crippen LogP contribution is -2.27. The molecule has 1 fully saturated rings. The van der Waals surface area contributed by atoms with E-state index in [-0.39, 0.29) is 5.66 Å². The highest BCUT2D eigenvalue weighted by Crippen LogP contribution is 2.36. The zero-order valence-corrected chi connectivity index (χ0v) is 12.8. The average molecular weight is 251 g/mol. The van der Waals surface area contributed by atoms with Crippen molar-refractivity contribution in [1.29, 1.82) is 0 Å². The van der Waals surface area contributed by atoms with Crippen molar-refractivity contribution in [3.8, 4) is 0 Å². The molecule has 0 saturated carbocycles.